The molecule has 292 valence electrons. The van der Waals surface area contributed by atoms with E-state index in [4.69, 9.17) is 0 Å². The first-order chi connectivity index (χ1) is 30.5. The van der Waals surface area contributed by atoms with E-state index in [1.807, 2.05) is 11.3 Å². The van der Waals surface area contributed by atoms with Crippen LogP contribution >= 0.6 is 11.3 Å². The van der Waals surface area contributed by atoms with Gasteiger partial charge in [-0.15, -0.1) is 11.3 Å². The molecule has 0 radical (unpaired) electrons. The zero-order valence-electron chi connectivity index (χ0n) is 34.6. The van der Waals surface area contributed by atoms with E-state index in [9.17, 15) is 0 Å². The molecule has 0 unspecified atom stereocenters. The van der Waals surface area contributed by atoms with Crippen LogP contribution in [0.2, 0.25) is 0 Å². The first-order valence-corrected chi connectivity index (χ1v) is 22.5. The van der Waals surface area contributed by atoms with E-state index in [1.54, 1.807) is 0 Å². The van der Waals surface area contributed by atoms with Crippen LogP contribution in [0.3, 0.4) is 0 Å². The third-order valence-electron chi connectivity index (χ3n) is 13.8. The van der Waals surface area contributed by atoms with Gasteiger partial charge < -0.3 is 4.40 Å². The van der Waals surface area contributed by atoms with Crippen LogP contribution in [-0.2, 0) is 11.8 Å². The highest BCUT2D eigenvalue weighted by Gasteiger charge is 2.35. The number of hydrogen-bond acceptors (Lipinski definition) is 1. The Hall–Kier alpha value is -7.26. The van der Waals surface area contributed by atoms with Crippen LogP contribution in [0.5, 0.6) is 0 Å². The Balaban J connectivity index is 0.924. The molecule has 13 rings (SSSR count). The van der Waals surface area contributed by atoms with Gasteiger partial charge in [-0.25, -0.2) is 0 Å². The average Bonchev–Trinajstić information content (AvgIpc) is 4.03. The predicted molar refractivity (Wildman–Crippen MR) is 267 cm³/mol. The van der Waals surface area contributed by atoms with Crippen LogP contribution in [0.1, 0.15) is 41.7 Å². The van der Waals surface area contributed by atoms with Crippen molar-refractivity contribution < 1.29 is 0 Å². The minimum absolute atomic E-state index is 0.0417. The smallest absolute Gasteiger partial charge is 0.0626 e. The highest BCUT2D eigenvalue weighted by molar-refractivity contribution is 7.25. The number of thiophene rings is 1. The first kappa shape index (κ1) is 35.5. The SMILES string of the molecule is CC1(C)c2ccccc2-c2ccc(C/C(=C/c3ccc(-c4ccccc4)cc3)c3ccc4c(c3)sc3cc(-c5ccc6c7ccccc7n7c8ccccc8c5c67)ccc34)cc21. The zero-order chi connectivity index (χ0) is 41.1. The van der Waals surface area contributed by atoms with Crippen molar-refractivity contribution in [2.75, 3.05) is 0 Å². The molecule has 0 bridgehead atoms. The molecule has 0 aliphatic heterocycles. The summed E-state index contributed by atoms with van der Waals surface area (Å²) in [5.74, 6) is 0. The van der Waals surface area contributed by atoms with Gasteiger partial charge in [-0.2, -0.15) is 0 Å². The molecule has 0 saturated carbocycles. The fourth-order valence-electron chi connectivity index (χ4n) is 10.8. The highest BCUT2D eigenvalue weighted by atomic mass is 32.1. The van der Waals surface area contributed by atoms with E-state index in [-0.39, 0.29) is 5.41 Å². The van der Waals surface area contributed by atoms with E-state index < -0.39 is 0 Å². The number of fused-ring (bicyclic) bond motifs is 12. The second-order valence-corrected chi connectivity index (χ2v) is 18.7. The van der Waals surface area contributed by atoms with Crippen molar-refractivity contribution in [3.8, 4) is 33.4 Å². The van der Waals surface area contributed by atoms with Gasteiger partial charge >= 0.3 is 0 Å². The van der Waals surface area contributed by atoms with Crippen LogP contribution in [0.4, 0.5) is 0 Å². The van der Waals surface area contributed by atoms with Gasteiger partial charge in [0.2, 0.25) is 0 Å². The van der Waals surface area contributed by atoms with E-state index in [0.717, 1.165) is 6.42 Å². The van der Waals surface area contributed by atoms with Crippen molar-refractivity contribution in [1.82, 2.24) is 4.40 Å². The number of benzene rings is 9. The van der Waals surface area contributed by atoms with E-state index in [2.05, 4.69) is 218 Å². The van der Waals surface area contributed by atoms with Gasteiger partial charge in [0.25, 0.3) is 0 Å². The van der Waals surface area contributed by atoms with Crippen LogP contribution in [0.25, 0.3) is 103 Å². The minimum atomic E-state index is -0.0417. The molecule has 0 amide bonds. The number of para-hydroxylation sites is 2. The molecule has 1 aliphatic carbocycles. The summed E-state index contributed by atoms with van der Waals surface area (Å²) in [6.07, 6.45) is 3.24. The third-order valence-corrected chi connectivity index (χ3v) is 14.9. The maximum Gasteiger partial charge on any atom is 0.0626 e. The van der Waals surface area contributed by atoms with E-state index in [1.165, 1.54) is 125 Å². The summed E-state index contributed by atoms with van der Waals surface area (Å²) >= 11 is 1.91. The lowest BCUT2D eigenvalue weighted by Crippen LogP contribution is -2.15. The molecule has 0 N–H and O–H groups in total. The molecule has 9 aromatic carbocycles. The average molecular weight is 808 g/mol. The maximum absolute atomic E-state index is 2.48. The van der Waals surface area contributed by atoms with Crippen LogP contribution in [0, 0.1) is 0 Å². The van der Waals surface area contributed by atoms with Gasteiger partial charge in [-0.1, -0.05) is 190 Å². The molecular formula is C60H41NS. The zero-order valence-corrected chi connectivity index (χ0v) is 35.4. The van der Waals surface area contributed by atoms with E-state index in [0.29, 0.717) is 0 Å². The van der Waals surface area contributed by atoms with Crippen LogP contribution in [-0.4, -0.2) is 4.40 Å². The Labute approximate surface area is 364 Å². The number of nitrogens with zero attached hydrogens (tertiary/aromatic N) is 1. The molecule has 0 spiro atoms. The monoisotopic (exact) mass is 807 g/mol. The Bertz CT molecular complexity index is 3780. The Morgan fingerprint density at radius 2 is 1.11 bits per heavy atom. The number of allylic oxidation sites excluding steroid dienone is 1. The Morgan fingerprint density at radius 3 is 1.95 bits per heavy atom. The summed E-state index contributed by atoms with van der Waals surface area (Å²) in [6.45, 7) is 4.75. The minimum Gasteiger partial charge on any atom is -0.308 e. The van der Waals surface area contributed by atoms with Crippen molar-refractivity contribution >= 4 is 81.3 Å². The summed E-state index contributed by atoms with van der Waals surface area (Å²) in [6, 6.07) is 72.5. The summed E-state index contributed by atoms with van der Waals surface area (Å²) in [5.41, 5.74) is 19.5. The number of rotatable bonds is 6. The second-order valence-electron chi connectivity index (χ2n) is 17.7. The summed E-state index contributed by atoms with van der Waals surface area (Å²) in [5, 5.41) is 7.89. The maximum atomic E-state index is 2.48. The summed E-state index contributed by atoms with van der Waals surface area (Å²) in [4.78, 5) is 0. The van der Waals surface area contributed by atoms with Crippen LogP contribution < -0.4 is 0 Å². The molecular weight excluding hydrogens is 767 g/mol. The predicted octanol–water partition coefficient (Wildman–Crippen LogP) is 16.6. The molecule has 12 aromatic rings. The summed E-state index contributed by atoms with van der Waals surface area (Å²) < 4.78 is 5.11. The van der Waals surface area contributed by atoms with Gasteiger partial charge in [0.1, 0.15) is 0 Å². The quantitative estimate of drug-likeness (QED) is 0.147. The van der Waals surface area contributed by atoms with Crippen LogP contribution in [0.15, 0.2) is 194 Å². The lowest BCUT2D eigenvalue weighted by molar-refractivity contribution is 0.659. The second kappa shape index (κ2) is 13.4. The molecule has 1 aliphatic rings. The van der Waals surface area contributed by atoms with Crippen molar-refractivity contribution in [3.63, 3.8) is 0 Å². The molecule has 2 heteroatoms. The fraction of sp³-hybridized carbons (Fsp3) is 0.0667. The molecule has 3 aromatic heterocycles. The summed E-state index contributed by atoms with van der Waals surface area (Å²) in [7, 11) is 0. The number of hydrogen-bond donors (Lipinski definition) is 0. The van der Waals surface area contributed by atoms with Crippen molar-refractivity contribution in [2.45, 2.75) is 25.7 Å². The highest BCUT2D eigenvalue weighted by Crippen LogP contribution is 2.49. The van der Waals surface area contributed by atoms with Gasteiger partial charge in [0.15, 0.2) is 0 Å². The van der Waals surface area contributed by atoms with Crippen molar-refractivity contribution in [2.24, 2.45) is 0 Å². The Kier molecular flexibility index (Phi) is 7.65. The molecule has 1 nitrogen and oxygen atoms in total. The largest absolute Gasteiger partial charge is 0.308 e. The molecule has 0 saturated heterocycles. The van der Waals surface area contributed by atoms with E-state index >= 15 is 0 Å². The molecule has 62 heavy (non-hydrogen) atoms. The van der Waals surface area contributed by atoms with Gasteiger partial charge in [0.05, 0.1) is 16.6 Å². The normalized spacial score (nSPS) is 13.6. The molecule has 0 atom stereocenters. The lowest BCUT2D eigenvalue weighted by Gasteiger charge is -2.22. The van der Waals surface area contributed by atoms with Gasteiger partial charge in [-0.3, -0.25) is 0 Å². The fourth-order valence-corrected chi connectivity index (χ4v) is 12.0. The molecule has 0 fully saturated rings. The van der Waals surface area contributed by atoms with Crippen molar-refractivity contribution in [1.29, 1.82) is 0 Å². The number of aromatic nitrogens is 1. The standard InChI is InChI=1S/C60H41NS/c1-60(2)52-17-9-6-14-45(52)46-27-22-38(34-53(46)60)33-43(32-37-20-23-40(24-21-37)39-12-4-3-5-13-39)41-25-28-48-49-29-26-42(36-57(49)62-56(48)35-41)44-30-31-50-47-15-7-10-18-54(47)61-55-19-11-8-16-51(55)58(44)59(50)61/h3-32,34-36H,33H2,1-2H3/b43-32-. The Morgan fingerprint density at radius 1 is 0.484 bits per heavy atom. The van der Waals surface area contributed by atoms with Gasteiger partial charge in [0, 0.05) is 47.1 Å². The first-order valence-electron chi connectivity index (χ1n) is 21.7. The van der Waals surface area contributed by atoms with Gasteiger partial charge in [-0.05, 0) is 97.5 Å². The lowest BCUT2D eigenvalue weighted by atomic mass is 9.81. The van der Waals surface area contributed by atoms with Crippen molar-refractivity contribution in [3.05, 3.63) is 222 Å². The third kappa shape index (κ3) is 5.27. The topological polar surface area (TPSA) is 4.41 Å². The molecule has 3 heterocycles.